The van der Waals surface area contributed by atoms with Gasteiger partial charge < -0.3 is 15.8 Å². The van der Waals surface area contributed by atoms with Crippen molar-refractivity contribution in [1.82, 2.24) is 4.37 Å². The third-order valence-corrected chi connectivity index (χ3v) is 4.21. The zero-order valence-corrected chi connectivity index (χ0v) is 13.5. The van der Waals surface area contributed by atoms with Crippen LogP contribution in [0.5, 0.6) is 0 Å². The Hall–Kier alpha value is -1.50. The van der Waals surface area contributed by atoms with Crippen molar-refractivity contribution in [3.63, 3.8) is 0 Å². The van der Waals surface area contributed by atoms with Gasteiger partial charge in [0.05, 0.1) is 7.11 Å². The Morgan fingerprint density at radius 1 is 1.48 bits per heavy atom. The maximum Gasteiger partial charge on any atom is 0.344 e. The summed E-state index contributed by atoms with van der Waals surface area (Å²) in [4.78, 5) is 11.6. The van der Waals surface area contributed by atoms with Gasteiger partial charge in [-0.05, 0) is 35.6 Å². The highest BCUT2D eigenvalue weighted by molar-refractivity contribution is 7.11. The molecular formula is C13H13Cl2N3O2S. The van der Waals surface area contributed by atoms with Gasteiger partial charge in [-0.3, -0.25) is 0 Å². The summed E-state index contributed by atoms with van der Waals surface area (Å²) in [7, 11) is 1.30. The minimum atomic E-state index is -0.506. The first-order valence-electron chi connectivity index (χ1n) is 6.04. The lowest BCUT2D eigenvalue weighted by Gasteiger charge is -2.07. The summed E-state index contributed by atoms with van der Waals surface area (Å²) < 4.78 is 8.64. The molecule has 1 aromatic heterocycles. The lowest BCUT2D eigenvalue weighted by Crippen LogP contribution is -2.10. The van der Waals surface area contributed by atoms with E-state index in [1.54, 1.807) is 12.1 Å². The molecule has 2 aromatic rings. The summed E-state index contributed by atoms with van der Waals surface area (Å²) in [6.07, 6.45) is 0.675. The summed E-state index contributed by atoms with van der Waals surface area (Å²) >= 11 is 13.1. The lowest BCUT2D eigenvalue weighted by molar-refractivity contribution is 0.0603. The average molecular weight is 346 g/mol. The van der Waals surface area contributed by atoms with Crippen LogP contribution in [0.1, 0.15) is 15.9 Å². The molecule has 0 spiro atoms. The van der Waals surface area contributed by atoms with Crippen molar-refractivity contribution in [2.24, 2.45) is 0 Å². The summed E-state index contributed by atoms with van der Waals surface area (Å²) in [6.45, 7) is 0.576. The first-order chi connectivity index (χ1) is 10.0. The lowest BCUT2D eigenvalue weighted by atomic mass is 10.1. The van der Waals surface area contributed by atoms with E-state index in [4.69, 9.17) is 28.9 Å². The molecule has 8 heteroatoms. The van der Waals surface area contributed by atoms with Gasteiger partial charge in [0.1, 0.15) is 10.6 Å². The second-order valence-electron chi connectivity index (χ2n) is 4.18. The molecule has 0 saturated heterocycles. The number of anilines is 2. The number of hydrogen-bond donors (Lipinski definition) is 2. The van der Waals surface area contributed by atoms with Crippen molar-refractivity contribution >= 4 is 51.5 Å². The fourth-order valence-electron chi connectivity index (χ4n) is 1.76. The van der Waals surface area contributed by atoms with E-state index in [0.29, 0.717) is 28.0 Å². The van der Waals surface area contributed by atoms with Gasteiger partial charge in [-0.15, -0.1) is 0 Å². The first kappa shape index (κ1) is 15.9. The summed E-state index contributed by atoms with van der Waals surface area (Å²) in [5.41, 5.74) is 6.90. The van der Waals surface area contributed by atoms with E-state index in [1.807, 2.05) is 6.07 Å². The maximum atomic E-state index is 11.6. The molecule has 1 aromatic carbocycles. The second kappa shape index (κ2) is 6.98. The number of esters is 1. The molecule has 0 amide bonds. The van der Waals surface area contributed by atoms with Gasteiger partial charge in [0, 0.05) is 16.6 Å². The predicted octanol–water partition coefficient (Wildman–Crippen LogP) is 3.47. The number of carbonyl (C=O) groups is 1. The quantitative estimate of drug-likeness (QED) is 0.811. The van der Waals surface area contributed by atoms with Gasteiger partial charge in [-0.1, -0.05) is 29.3 Å². The molecule has 0 radical (unpaired) electrons. The Balaban J connectivity index is 2.02. The topological polar surface area (TPSA) is 77.2 Å². The average Bonchev–Trinajstić information content (AvgIpc) is 2.81. The van der Waals surface area contributed by atoms with Crippen LogP contribution in [0.15, 0.2) is 18.2 Å². The first-order valence-corrected chi connectivity index (χ1v) is 7.57. The number of hydrogen-bond acceptors (Lipinski definition) is 6. The number of nitrogens with two attached hydrogens (primary N) is 1. The highest BCUT2D eigenvalue weighted by Crippen LogP contribution is 2.27. The van der Waals surface area contributed by atoms with Gasteiger partial charge in [-0.2, -0.15) is 4.37 Å². The molecule has 0 unspecified atom stereocenters. The van der Waals surface area contributed by atoms with E-state index in [2.05, 4.69) is 14.4 Å². The third kappa shape index (κ3) is 3.78. The van der Waals surface area contributed by atoms with Crippen LogP contribution < -0.4 is 11.1 Å². The number of halogens is 2. The summed E-state index contributed by atoms with van der Waals surface area (Å²) in [6, 6.07) is 5.35. The molecule has 0 aliphatic rings. The zero-order chi connectivity index (χ0) is 15.4. The number of ether oxygens (including phenoxy) is 1. The Labute approximate surface area is 136 Å². The van der Waals surface area contributed by atoms with E-state index in [1.165, 1.54) is 7.11 Å². The van der Waals surface area contributed by atoms with Crippen molar-refractivity contribution in [1.29, 1.82) is 0 Å². The predicted molar refractivity (Wildman–Crippen MR) is 86.5 cm³/mol. The Bertz CT molecular complexity index is 661. The third-order valence-electron chi connectivity index (χ3n) is 2.80. The number of aromatic nitrogens is 1. The molecular weight excluding hydrogens is 333 g/mol. The Kier molecular flexibility index (Phi) is 5.27. The van der Waals surface area contributed by atoms with Gasteiger partial charge in [0.15, 0.2) is 5.82 Å². The molecule has 21 heavy (non-hydrogen) atoms. The monoisotopic (exact) mass is 345 g/mol. The number of methoxy groups -OCH3 is 1. The van der Waals surface area contributed by atoms with E-state index < -0.39 is 5.97 Å². The zero-order valence-electron chi connectivity index (χ0n) is 11.2. The molecule has 2 rings (SSSR count). The normalized spacial score (nSPS) is 10.4. The largest absolute Gasteiger partial charge is 0.465 e. The fraction of sp³-hybridized carbons (Fsp3) is 0.231. The number of nitrogens with zero attached hydrogens (tertiary/aromatic N) is 1. The highest BCUT2D eigenvalue weighted by atomic mass is 35.5. The molecule has 5 nitrogen and oxygen atoms in total. The number of rotatable bonds is 5. The number of nitrogen functional groups attached to an aromatic ring is 1. The van der Waals surface area contributed by atoms with E-state index in [-0.39, 0.29) is 11.4 Å². The highest BCUT2D eigenvalue weighted by Gasteiger charge is 2.19. The van der Waals surface area contributed by atoms with Crippen molar-refractivity contribution in [3.05, 3.63) is 39.4 Å². The van der Waals surface area contributed by atoms with Crippen molar-refractivity contribution in [2.45, 2.75) is 6.42 Å². The van der Waals surface area contributed by atoms with Crippen molar-refractivity contribution in [3.8, 4) is 0 Å². The van der Waals surface area contributed by atoms with Crippen molar-refractivity contribution < 1.29 is 9.53 Å². The molecule has 112 valence electrons. The summed E-state index contributed by atoms with van der Waals surface area (Å²) in [5, 5.41) is 4.92. The molecule has 0 bridgehead atoms. The van der Waals surface area contributed by atoms with E-state index in [0.717, 1.165) is 17.1 Å². The Morgan fingerprint density at radius 3 is 2.90 bits per heavy atom. The second-order valence-corrected chi connectivity index (χ2v) is 5.79. The van der Waals surface area contributed by atoms with Crippen LogP contribution in [0.4, 0.5) is 10.8 Å². The van der Waals surface area contributed by atoms with Crippen LogP contribution in [0.2, 0.25) is 10.0 Å². The van der Waals surface area contributed by atoms with Crippen LogP contribution in [0.3, 0.4) is 0 Å². The molecule has 0 aliphatic heterocycles. The van der Waals surface area contributed by atoms with Gasteiger partial charge in [-0.25, -0.2) is 4.79 Å². The number of benzene rings is 1. The summed E-state index contributed by atoms with van der Waals surface area (Å²) in [5.74, 6) is -0.341. The minimum Gasteiger partial charge on any atom is -0.465 e. The van der Waals surface area contributed by atoms with Crippen LogP contribution in [-0.2, 0) is 11.2 Å². The Morgan fingerprint density at radius 2 is 2.24 bits per heavy atom. The van der Waals surface area contributed by atoms with Crippen LogP contribution in [0.25, 0.3) is 0 Å². The van der Waals surface area contributed by atoms with Crippen LogP contribution in [0, 0.1) is 0 Å². The van der Waals surface area contributed by atoms with Crippen LogP contribution >= 0.6 is 34.7 Å². The minimum absolute atomic E-state index is 0.166. The standard InChI is InChI=1S/C13H13Cl2N3O2S/c1-20-13(19)10-11(16)18-21-12(10)17-5-4-7-2-3-8(14)6-9(7)15/h2-3,6,17H,4-5H2,1H3,(H2,16,18). The van der Waals surface area contributed by atoms with Gasteiger partial charge in [0.2, 0.25) is 0 Å². The number of carbonyl (C=O) groups excluding carboxylic acids is 1. The molecule has 1 heterocycles. The molecule has 0 fully saturated rings. The van der Waals surface area contributed by atoms with E-state index >= 15 is 0 Å². The maximum absolute atomic E-state index is 11.6. The van der Waals surface area contributed by atoms with E-state index in [9.17, 15) is 4.79 Å². The molecule has 0 atom stereocenters. The van der Waals surface area contributed by atoms with Gasteiger partial charge in [0.25, 0.3) is 0 Å². The fourth-order valence-corrected chi connectivity index (χ4v) is 2.99. The van der Waals surface area contributed by atoms with Crippen molar-refractivity contribution in [2.75, 3.05) is 24.7 Å². The SMILES string of the molecule is COC(=O)c1c(N)nsc1NCCc1ccc(Cl)cc1Cl. The number of nitrogens with one attached hydrogen (secondary N) is 1. The molecule has 3 N–H and O–H groups in total. The molecule has 0 saturated carbocycles. The smallest absolute Gasteiger partial charge is 0.344 e. The van der Waals surface area contributed by atoms with Gasteiger partial charge >= 0.3 is 5.97 Å². The van der Waals surface area contributed by atoms with Crippen LogP contribution in [-0.4, -0.2) is 24.0 Å². The molecule has 0 aliphatic carbocycles.